The van der Waals surface area contributed by atoms with Crippen molar-refractivity contribution in [3.63, 3.8) is 0 Å². The van der Waals surface area contributed by atoms with E-state index in [1.54, 1.807) is 32.7 Å². The highest BCUT2D eigenvalue weighted by atomic mass is 16.5. The quantitative estimate of drug-likeness (QED) is 0.703. The first-order valence-electron chi connectivity index (χ1n) is 5.45. The van der Waals surface area contributed by atoms with Crippen molar-refractivity contribution in [1.82, 2.24) is 9.71 Å². The molecule has 0 unspecified atom stereocenters. The predicted molar refractivity (Wildman–Crippen MR) is 66.6 cm³/mol. The Kier molecular flexibility index (Phi) is 2.26. The van der Waals surface area contributed by atoms with E-state index in [9.17, 15) is 5.21 Å². The number of nitrogens with zero attached hydrogens (tertiary/aromatic N) is 2. The molecule has 2 aliphatic rings. The number of aromatic nitrogens is 2. The molecule has 5 nitrogen and oxygen atoms in total. The van der Waals surface area contributed by atoms with Gasteiger partial charge in [-0.3, -0.25) is 0 Å². The fourth-order valence-electron chi connectivity index (χ4n) is 2.09. The average Bonchev–Trinajstić information content (AvgIpc) is 2.74. The lowest BCUT2D eigenvalue weighted by atomic mass is 10.1. The van der Waals surface area contributed by atoms with Crippen molar-refractivity contribution in [3.8, 4) is 22.8 Å². The summed E-state index contributed by atoms with van der Waals surface area (Å²) in [5.41, 5.74) is 2.51. The molecular formula is C13H12N2O3. The lowest BCUT2D eigenvalue weighted by Gasteiger charge is -2.07. The summed E-state index contributed by atoms with van der Waals surface area (Å²) in [6, 6.07) is 5.45. The van der Waals surface area contributed by atoms with Gasteiger partial charge in [0.25, 0.3) is 0 Å². The van der Waals surface area contributed by atoms with Crippen LogP contribution in [0.4, 0.5) is 0 Å². The minimum Gasteiger partial charge on any atom is -0.493 e. The molecular weight excluding hydrogens is 232 g/mol. The molecule has 0 saturated carbocycles. The Balaban J connectivity index is 2.37. The van der Waals surface area contributed by atoms with Gasteiger partial charge in [-0.15, -0.1) is 0 Å². The van der Waals surface area contributed by atoms with Gasteiger partial charge in [-0.25, -0.2) is 9.71 Å². The maximum atomic E-state index is 9.47. The van der Waals surface area contributed by atoms with Crippen LogP contribution in [0.1, 0.15) is 0 Å². The van der Waals surface area contributed by atoms with Gasteiger partial charge in [-0.1, -0.05) is 0 Å². The molecule has 1 aromatic rings. The Morgan fingerprint density at radius 1 is 1.17 bits per heavy atom. The summed E-state index contributed by atoms with van der Waals surface area (Å²) in [7, 11) is 3.18. The summed E-state index contributed by atoms with van der Waals surface area (Å²) in [5.74, 6) is 1.29. The molecule has 18 heavy (non-hydrogen) atoms. The van der Waals surface area contributed by atoms with Gasteiger partial charge in [0.1, 0.15) is 0 Å². The number of fused-ring (bicyclic) bond motifs is 3. The van der Waals surface area contributed by atoms with Crippen LogP contribution in [0.25, 0.3) is 22.2 Å². The maximum Gasteiger partial charge on any atom is 0.162 e. The Hall–Kier alpha value is -2.43. The molecule has 0 aromatic heterocycles. The molecule has 1 N–H and O–H groups in total. The average molecular weight is 244 g/mol. The Morgan fingerprint density at radius 2 is 1.89 bits per heavy atom. The van der Waals surface area contributed by atoms with Crippen LogP contribution in [0.5, 0.6) is 11.5 Å². The van der Waals surface area contributed by atoms with Gasteiger partial charge in [0.15, 0.2) is 11.5 Å². The molecule has 92 valence electrons. The second-order valence-electron chi connectivity index (χ2n) is 3.96. The first-order valence-corrected chi connectivity index (χ1v) is 5.45. The van der Waals surface area contributed by atoms with Crippen LogP contribution in [0.2, 0.25) is 0 Å². The van der Waals surface area contributed by atoms with Crippen LogP contribution in [-0.4, -0.2) is 29.1 Å². The van der Waals surface area contributed by atoms with Gasteiger partial charge in [-0.05, 0) is 12.1 Å². The third-order valence-corrected chi connectivity index (χ3v) is 2.96. The second kappa shape index (κ2) is 3.80. The Morgan fingerprint density at radius 3 is 2.61 bits per heavy atom. The normalized spacial score (nSPS) is 11.0. The van der Waals surface area contributed by atoms with Crippen LogP contribution in [0, 0.1) is 0 Å². The van der Waals surface area contributed by atoms with E-state index >= 15 is 0 Å². The van der Waals surface area contributed by atoms with Gasteiger partial charge in [0.05, 0.1) is 31.6 Å². The molecule has 0 spiro atoms. The number of benzene rings is 1. The van der Waals surface area contributed by atoms with Crippen LogP contribution in [0.15, 0.2) is 30.6 Å². The van der Waals surface area contributed by atoms with Gasteiger partial charge in [0.2, 0.25) is 0 Å². The minimum atomic E-state index is 0.643. The lowest BCUT2D eigenvalue weighted by molar-refractivity contribution is 0.185. The van der Waals surface area contributed by atoms with Crippen molar-refractivity contribution in [3.05, 3.63) is 30.6 Å². The van der Waals surface area contributed by atoms with Gasteiger partial charge in [0, 0.05) is 23.2 Å². The van der Waals surface area contributed by atoms with E-state index in [2.05, 4.69) is 4.98 Å². The zero-order valence-corrected chi connectivity index (χ0v) is 10.0. The van der Waals surface area contributed by atoms with Crippen LogP contribution < -0.4 is 9.47 Å². The molecule has 3 rings (SSSR count). The van der Waals surface area contributed by atoms with Crippen molar-refractivity contribution in [2.24, 2.45) is 0 Å². The summed E-state index contributed by atoms with van der Waals surface area (Å²) >= 11 is 0. The van der Waals surface area contributed by atoms with E-state index in [4.69, 9.17) is 9.47 Å². The van der Waals surface area contributed by atoms with Crippen LogP contribution in [0.3, 0.4) is 0 Å². The number of ether oxygens (including phenoxy) is 2. The molecule has 1 aromatic carbocycles. The zero-order valence-electron chi connectivity index (χ0n) is 10.0. The molecule has 0 saturated heterocycles. The molecule has 0 radical (unpaired) electrons. The summed E-state index contributed by atoms with van der Waals surface area (Å²) in [6.45, 7) is 0. The molecule has 0 atom stereocenters. The molecule has 2 aliphatic heterocycles. The number of hydrogen-bond donors (Lipinski definition) is 1. The van der Waals surface area contributed by atoms with E-state index in [1.807, 2.05) is 12.1 Å². The zero-order chi connectivity index (χ0) is 12.7. The Bertz CT molecular complexity index is 690. The maximum absolute atomic E-state index is 9.47. The molecule has 0 fully saturated rings. The summed E-state index contributed by atoms with van der Waals surface area (Å²) < 4.78 is 11.5. The molecule has 2 heterocycles. The van der Waals surface area contributed by atoms with Crippen molar-refractivity contribution >= 4 is 10.9 Å². The fourth-order valence-corrected chi connectivity index (χ4v) is 2.09. The minimum absolute atomic E-state index is 0.643. The highest BCUT2D eigenvalue weighted by Gasteiger charge is 2.15. The van der Waals surface area contributed by atoms with Crippen molar-refractivity contribution in [2.75, 3.05) is 14.2 Å². The van der Waals surface area contributed by atoms with Crippen molar-refractivity contribution in [1.29, 1.82) is 0 Å². The van der Waals surface area contributed by atoms with Gasteiger partial charge >= 0.3 is 0 Å². The second-order valence-corrected chi connectivity index (χ2v) is 3.96. The van der Waals surface area contributed by atoms with Crippen LogP contribution in [-0.2, 0) is 0 Å². The van der Waals surface area contributed by atoms with E-state index < -0.39 is 0 Å². The number of hydrogen-bond acceptors (Lipinski definition) is 4. The standard InChI is InChI=1S/C13H12N2O3/c1-17-12-5-8-9-7-15(16)4-3-10(9)14-11(8)6-13(12)18-2/h3-7,16H,1-2H3. The third kappa shape index (κ3) is 1.44. The number of methoxy groups -OCH3 is 2. The first kappa shape index (κ1) is 10.7. The predicted octanol–water partition coefficient (Wildman–Crippen LogP) is 2.40. The molecule has 0 amide bonds. The van der Waals surface area contributed by atoms with Crippen molar-refractivity contribution < 1.29 is 14.7 Å². The lowest BCUT2D eigenvalue weighted by Crippen LogP contribution is -1.92. The smallest absolute Gasteiger partial charge is 0.162 e. The summed E-state index contributed by atoms with van der Waals surface area (Å²) in [4.78, 5) is 4.48. The van der Waals surface area contributed by atoms with E-state index in [-0.39, 0.29) is 0 Å². The Labute approximate surface area is 103 Å². The summed E-state index contributed by atoms with van der Waals surface area (Å²) in [6.07, 6.45) is 3.17. The highest BCUT2D eigenvalue weighted by molar-refractivity contribution is 5.98. The monoisotopic (exact) mass is 244 g/mol. The topological polar surface area (TPSA) is 56.5 Å². The van der Waals surface area contributed by atoms with E-state index in [1.165, 1.54) is 0 Å². The third-order valence-electron chi connectivity index (χ3n) is 2.96. The van der Waals surface area contributed by atoms with E-state index in [0.717, 1.165) is 26.9 Å². The largest absolute Gasteiger partial charge is 0.493 e. The van der Waals surface area contributed by atoms with E-state index in [0.29, 0.717) is 11.5 Å². The van der Waals surface area contributed by atoms with Crippen molar-refractivity contribution in [2.45, 2.75) is 0 Å². The number of pyridine rings is 1. The van der Waals surface area contributed by atoms with Gasteiger partial charge in [-0.2, -0.15) is 0 Å². The van der Waals surface area contributed by atoms with Gasteiger partial charge < -0.3 is 14.7 Å². The highest BCUT2D eigenvalue weighted by Crippen LogP contribution is 2.37. The summed E-state index contributed by atoms with van der Waals surface area (Å²) in [5, 5.41) is 10.4. The SMILES string of the molecule is COc1cc2nc3ccn(O)cc-3c2cc1OC. The first-order chi connectivity index (χ1) is 8.72. The molecule has 0 bridgehead atoms. The molecule has 0 aliphatic carbocycles. The number of rotatable bonds is 2. The molecule has 5 heteroatoms. The fraction of sp³-hybridized carbons (Fsp3) is 0.154. The van der Waals surface area contributed by atoms with Crippen LogP contribution >= 0.6 is 0 Å².